The Kier molecular flexibility index (Phi) is 5.94. The van der Waals surface area contributed by atoms with Crippen LogP contribution in [0.15, 0.2) is 54.6 Å². The van der Waals surface area contributed by atoms with Gasteiger partial charge in [0.2, 0.25) is 0 Å². The van der Waals surface area contributed by atoms with Crippen molar-refractivity contribution in [3.8, 4) is 5.75 Å². The molecule has 2 aromatic rings. The van der Waals surface area contributed by atoms with E-state index in [0.29, 0.717) is 19.4 Å². The summed E-state index contributed by atoms with van der Waals surface area (Å²) in [5, 5.41) is 0. The van der Waals surface area contributed by atoms with Gasteiger partial charge in [0.05, 0.1) is 0 Å². The molecule has 3 rings (SSSR count). The maximum atomic E-state index is 11.9. The molecule has 1 aliphatic heterocycles. The highest BCUT2D eigenvalue weighted by molar-refractivity contribution is 5.98. The Morgan fingerprint density at radius 2 is 1.70 bits per heavy atom. The maximum absolute atomic E-state index is 11.9. The van der Waals surface area contributed by atoms with Crippen LogP contribution >= 0.6 is 0 Å². The second-order valence-electron chi connectivity index (χ2n) is 7.50. The number of rotatable bonds is 7. The summed E-state index contributed by atoms with van der Waals surface area (Å²) in [6.45, 7) is 4.55. The minimum atomic E-state index is -0.686. The molecule has 1 saturated heterocycles. The number of hydrogen-bond acceptors (Lipinski definition) is 4. The second kappa shape index (κ2) is 8.38. The lowest BCUT2D eigenvalue weighted by atomic mass is 9.78. The molecule has 0 aliphatic carbocycles. The fraction of sp³-hybridized carbons (Fsp3) is 0.391. The number of Topliss-reactive ketones (excluding diaryl/α,β-unsaturated/α-hetero) is 1. The van der Waals surface area contributed by atoms with Crippen molar-refractivity contribution in [1.82, 2.24) is 0 Å². The molecule has 4 heteroatoms. The van der Waals surface area contributed by atoms with Gasteiger partial charge in [0.25, 0.3) is 0 Å². The molecular weight excluding hydrogens is 340 g/mol. The van der Waals surface area contributed by atoms with E-state index in [0.717, 1.165) is 23.3 Å². The number of carbonyl (C=O) groups excluding carboxylic acids is 2. The molecule has 0 bridgehead atoms. The van der Waals surface area contributed by atoms with Crippen molar-refractivity contribution in [1.29, 1.82) is 0 Å². The van der Waals surface area contributed by atoms with E-state index in [2.05, 4.69) is 0 Å². The molecule has 0 spiro atoms. The van der Waals surface area contributed by atoms with E-state index < -0.39 is 11.6 Å². The third kappa shape index (κ3) is 4.97. The molecule has 2 aromatic carbocycles. The number of esters is 1. The summed E-state index contributed by atoms with van der Waals surface area (Å²) in [6, 6.07) is 18.0. The van der Waals surface area contributed by atoms with Crippen LogP contribution in [0.4, 0.5) is 0 Å². The number of hydrogen-bond donors (Lipinski definition) is 0. The van der Waals surface area contributed by atoms with Crippen molar-refractivity contribution >= 4 is 11.8 Å². The van der Waals surface area contributed by atoms with Crippen molar-refractivity contribution in [3.63, 3.8) is 0 Å². The fourth-order valence-corrected chi connectivity index (χ4v) is 3.46. The van der Waals surface area contributed by atoms with Crippen LogP contribution in [0.1, 0.15) is 44.2 Å². The predicted molar refractivity (Wildman–Crippen MR) is 103 cm³/mol. The van der Waals surface area contributed by atoms with Gasteiger partial charge in [-0.3, -0.25) is 9.59 Å². The molecule has 0 aromatic heterocycles. The molecule has 1 fully saturated rings. The van der Waals surface area contributed by atoms with E-state index in [9.17, 15) is 9.59 Å². The van der Waals surface area contributed by atoms with Crippen LogP contribution in [0.5, 0.6) is 5.75 Å². The Labute approximate surface area is 160 Å². The van der Waals surface area contributed by atoms with Crippen molar-refractivity contribution < 1.29 is 19.1 Å². The number of cyclic esters (lactones) is 1. The number of ketones is 1. The lowest BCUT2D eigenvalue weighted by Gasteiger charge is -2.39. The van der Waals surface area contributed by atoms with E-state index in [-0.39, 0.29) is 18.1 Å². The molecule has 0 radical (unpaired) electrons. The predicted octanol–water partition coefficient (Wildman–Crippen LogP) is 4.50. The minimum Gasteiger partial charge on any atom is -0.489 e. The van der Waals surface area contributed by atoms with Crippen LogP contribution in [0.25, 0.3) is 0 Å². The van der Waals surface area contributed by atoms with Gasteiger partial charge in [0.1, 0.15) is 30.2 Å². The fourth-order valence-electron chi connectivity index (χ4n) is 3.46. The van der Waals surface area contributed by atoms with E-state index in [1.54, 1.807) is 0 Å². The largest absolute Gasteiger partial charge is 0.489 e. The smallest absolute Gasteiger partial charge is 0.313 e. The van der Waals surface area contributed by atoms with Gasteiger partial charge in [-0.15, -0.1) is 0 Å². The van der Waals surface area contributed by atoms with E-state index in [4.69, 9.17) is 9.47 Å². The van der Waals surface area contributed by atoms with Gasteiger partial charge in [-0.2, -0.15) is 0 Å². The Bertz CT molecular complexity index is 762. The molecule has 27 heavy (non-hydrogen) atoms. The molecule has 1 unspecified atom stereocenters. The van der Waals surface area contributed by atoms with Gasteiger partial charge in [-0.1, -0.05) is 56.3 Å². The summed E-state index contributed by atoms with van der Waals surface area (Å²) in [5.41, 5.74) is 1.58. The summed E-state index contributed by atoms with van der Waals surface area (Å²) in [6.07, 6.45) is 1.61. The molecule has 1 heterocycles. The van der Waals surface area contributed by atoms with Gasteiger partial charge in [0.15, 0.2) is 0 Å². The Balaban J connectivity index is 1.59. The highest BCUT2D eigenvalue weighted by Gasteiger charge is 2.43. The zero-order valence-corrected chi connectivity index (χ0v) is 15.9. The standard InChI is InChI=1S/C23H26O4/c1-17(2)23(15-20(24)14-22(25)27-23)13-12-18-8-10-21(11-9-18)26-16-19-6-4-3-5-7-19/h3-11,17H,12-16H2,1-2H3. The van der Waals surface area contributed by atoms with Crippen LogP contribution < -0.4 is 4.74 Å². The van der Waals surface area contributed by atoms with Gasteiger partial charge in [-0.05, 0) is 42.0 Å². The average molecular weight is 366 g/mol. The van der Waals surface area contributed by atoms with Gasteiger partial charge < -0.3 is 9.47 Å². The second-order valence-corrected chi connectivity index (χ2v) is 7.50. The van der Waals surface area contributed by atoms with Crippen molar-refractivity contribution in [2.75, 3.05) is 0 Å². The third-order valence-electron chi connectivity index (χ3n) is 5.22. The summed E-state index contributed by atoms with van der Waals surface area (Å²) >= 11 is 0. The topological polar surface area (TPSA) is 52.6 Å². The molecule has 0 saturated carbocycles. The summed E-state index contributed by atoms with van der Waals surface area (Å²) in [5.74, 6) is 0.494. The SMILES string of the molecule is CC(C)C1(CCc2ccc(OCc3ccccc3)cc2)CC(=O)CC(=O)O1. The Hall–Kier alpha value is -2.62. The average Bonchev–Trinajstić information content (AvgIpc) is 2.65. The van der Waals surface area contributed by atoms with Crippen LogP contribution in [0.3, 0.4) is 0 Å². The van der Waals surface area contributed by atoms with E-state index in [1.165, 1.54) is 0 Å². The third-order valence-corrected chi connectivity index (χ3v) is 5.22. The Morgan fingerprint density at radius 3 is 2.33 bits per heavy atom. The first-order chi connectivity index (χ1) is 13.0. The highest BCUT2D eigenvalue weighted by atomic mass is 16.6. The van der Waals surface area contributed by atoms with Gasteiger partial charge >= 0.3 is 5.97 Å². The first-order valence-electron chi connectivity index (χ1n) is 9.46. The van der Waals surface area contributed by atoms with Crippen LogP contribution in [-0.4, -0.2) is 17.4 Å². The minimum absolute atomic E-state index is 0.0235. The number of ether oxygens (including phenoxy) is 2. The normalized spacial score (nSPS) is 19.8. The molecule has 0 amide bonds. The van der Waals surface area contributed by atoms with E-state index >= 15 is 0 Å². The molecule has 1 aliphatic rings. The zero-order valence-electron chi connectivity index (χ0n) is 15.9. The molecular formula is C23H26O4. The van der Waals surface area contributed by atoms with Crippen LogP contribution in [-0.2, 0) is 27.4 Å². The number of carbonyl (C=O) groups is 2. The Morgan fingerprint density at radius 1 is 1.00 bits per heavy atom. The summed E-state index contributed by atoms with van der Waals surface area (Å²) in [7, 11) is 0. The molecule has 0 N–H and O–H groups in total. The lowest BCUT2D eigenvalue weighted by Crippen LogP contribution is -2.47. The van der Waals surface area contributed by atoms with Gasteiger partial charge in [-0.25, -0.2) is 0 Å². The van der Waals surface area contributed by atoms with E-state index in [1.807, 2.05) is 68.4 Å². The molecule has 1 atom stereocenters. The lowest BCUT2D eigenvalue weighted by molar-refractivity contribution is -0.177. The van der Waals surface area contributed by atoms with Crippen LogP contribution in [0.2, 0.25) is 0 Å². The summed E-state index contributed by atoms with van der Waals surface area (Å²) in [4.78, 5) is 23.7. The highest BCUT2D eigenvalue weighted by Crippen LogP contribution is 2.35. The number of aryl methyl sites for hydroxylation is 1. The van der Waals surface area contributed by atoms with Crippen molar-refractivity contribution in [2.24, 2.45) is 5.92 Å². The first-order valence-corrected chi connectivity index (χ1v) is 9.46. The quantitative estimate of drug-likeness (QED) is 0.535. The first kappa shape index (κ1) is 19.2. The molecule has 142 valence electrons. The maximum Gasteiger partial charge on any atom is 0.313 e. The van der Waals surface area contributed by atoms with Crippen molar-refractivity contribution in [3.05, 3.63) is 65.7 Å². The van der Waals surface area contributed by atoms with Gasteiger partial charge in [0, 0.05) is 6.42 Å². The summed E-state index contributed by atoms with van der Waals surface area (Å²) < 4.78 is 11.5. The number of benzene rings is 2. The zero-order chi connectivity index (χ0) is 19.3. The molecule has 4 nitrogen and oxygen atoms in total. The monoisotopic (exact) mass is 366 g/mol. The van der Waals surface area contributed by atoms with Crippen molar-refractivity contribution in [2.45, 2.75) is 51.7 Å². The van der Waals surface area contributed by atoms with Crippen LogP contribution in [0, 0.1) is 5.92 Å².